The van der Waals surface area contributed by atoms with Crippen molar-refractivity contribution in [1.29, 1.82) is 0 Å². The molecule has 3 aromatic rings. The Balaban J connectivity index is 1.70. The maximum Gasteiger partial charge on any atom is 0.138 e. The third kappa shape index (κ3) is 2.29. The molecule has 0 unspecified atom stereocenters. The Labute approximate surface area is 132 Å². The van der Waals surface area contributed by atoms with Crippen molar-refractivity contribution < 1.29 is 0 Å². The van der Waals surface area contributed by atoms with E-state index in [9.17, 15) is 0 Å². The molecule has 0 saturated carbocycles. The monoisotopic (exact) mass is 311 g/mol. The van der Waals surface area contributed by atoms with Gasteiger partial charge in [0.2, 0.25) is 0 Å². The Morgan fingerprint density at radius 3 is 3.00 bits per heavy atom. The second-order valence-corrected chi connectivity index (χ2v) is 6.60. The molecule has 1 aliphatic rings. The number of hydrogen-bond donors (Lipinski definition) is 2. The summed E-state index contributed by atoms with van der Waals surface area (Å²) >= 11 is 1.81. The van der Waals surface area contributed by atoms with Crippen LogP contribution in [0.3, 0.4) is 0 Å². The van der Waals surface area contributed by atoms with Crippen molar-refractivity contribution in [1.82, 2.24) is 15.0 Å². The third-order valence-electron chi connectivity index (χ3n) is 4.12. The van der Waals surface area contributed by atoms with Gasteiger partial charge in [-0.3, -0.25) is 0 Å². The summed E-state index contributed by atoms with van der Waals surface area (Å²) in [5.41, 5.74) is 8.33. The molecule has 0 spiro atoms. The number of nitrogens with zero attached hydrogens (tertiary/aromatic N) is 3. The van der Waals surface area contributed by atoms with E-state index >= 15 is 0 Å². The van der Waals surface area contributed by atoms with Gasteiger partial charge < -0.3 is 11.1 Å². The van der Waals surface area contributed by atoms with Crippen LogP contribution in [0.1, 0.15) is 28.8 Å². The molecule has 0 amide bonds. The van der Waals surface area contributed by atoms with Crippen LogP contribution in [0.4, 0.5) is 11.6 Å². The van der Waals surface area contributed by atoms with Crippen LogP contribution in [-0.4, -0.2) is 15.0 Å². The van der Waals surface area contributed by atoms with Gasteiger partial charge in [0.15, 0.2) is 0 Å². The summed E-state index contributed by atoms with van der Waals surface area (Å²) < 4.78 is 0. The van der Waals surface area contributed by atoms with Crippen molar-refractivity contribution >= 4 is 33.2 Å². The molecule has 0 aliphatic heterocycles. The number of anilines is 2. The smallest absolute Gasteiger partial charge is 0.138 e. The number of nitrogen functional groups attached to an aromatic ring is 1. The molecule has 0 aromatic carbocycles. The number of pyridine rings is 1. The number of aryl methyl sites for hydroxylation is 2. The lowest BCUT2D eigenvalue weighted by atomic mass is 9.97. The van der Waals surface area contributed by atoms with Gasteiger partial charge >= 0.3 is 0 Å². The summed E-state index contributed by atoms with van der Waals surface area (Å²) in [6.45, 7) is 0.621. The van der Waals surface area contributed by atoms with Crippen LogP contribution < -0.4 is 11.1 Å². The van der Waals surface area contributed by atoms with E-state index in [1.54, 1.807) is 12.5 Å². The predicted molar refractivity (Wildman–Crippen MR) is 90.0 cm³/mol. The highest BCUT2D eigenvalue weighted by Gasteiger charge is 2.19. The zero-order chi connectivity index (χ0) is 14.9. The molecular weight excluding hydrogens is 294 g/mol. The Morgan fingerprint density at radius 1 is 1.18 bits per heavy atom. The molecule has 5 nitrogen and oxygen atoms in total. The van der Waals surface area contributed by atoms with Gasteiger partial charge in [0, 0.05) is 23.2 Å². The van der Waals surface area contributed by atoms with E-state index in [1.165, 1.54) is 35.1 Å². The summed E-state index contributed by atoms with van der Waals surface area (Å²) in [7, 11) is 0. The lowest BCUT2D eigenvalue weighted by Gasteiger charge is -2.12. The maximum absolute atomic E-state index is 5.91. The molecule has 6 heteroatoms. The molecular formula is C16H17N5S. The number of thiophene rings is 1. The van der Waals surface area contributed by atoms with E-state index in [0.717, 1.165) is 22.6 Å². The standard InChI is InChI=1S/C16H17N5S/c17-14-10(4-3-7-18-14)8-19-15-13-11-5-1-2-6-12(11)22-16(13)21-9-20-15/h3-4,7,9H,1-2,5-6,8H2,(H2,17,18)(H,19,20,21). The summed E-state index contributed by atoms with van der Waals surface area (Å²) in [6.07, 6.45) is 8.18. The molecule has 3 heterocycles. The fourth-order valence-corrected chi connectivity index (χ4v) is 4.23. The average molecular weight is 311 g/mol. The molecule has 0 atom stereocenters. The minimum atomic E-state index is 0.563. The van der Waals surface area contributed by atoms with E-state index < -0.39 is 0 Å². The van der Waals surface area contributed by atoms with Gasteiger partial charge in [-0.25, -0.2) is 15.0 Å². The molecule has 3 aromatic heterocycles. The molecule has 0 fully saturated rings. The molecule has 0 bridgehead atoms. The van der Waals surface area contributed by atoms with Gasteiger partial charge in [0.05, 0.1) is 5.39 Å². The summed E-state index contributed by atoms with van der Waals surface area (Å²) in [6, 6.07) is 3.88. The largest absolute Gasteiger partial charge is 0.383 e. The highest BCUT2D eigenvalue weighted by Crippen LogP contribution is 2.38. The zero-order valence-corrected chi connectivity index (χ0v) is 13.0. The number of nitrogens with one attached hydrogen (secondary N) is 1. The first-order valence-electron chi connectivity index (χ1n) is 7.51. The highest BCUT2D eigenvalue weighted by atomic mass is 32.1. The van der Waals surface area contributed by atoms with Crippen LogP contribution in [0.5, 0.6) is 0 Å². The minimum absolute atomic E-state index is 0.563. The second-order valence-electron chi connectivity index (χ2n) is 5.51. The van der Waals surface area contributed by atoms with E-state index in [4.69, 9.17) is 5.73 Å². The summed E-state index contributed by atoms with van der Waals surface area (Å²) in [5.74, 6) is 1.47. The topological polar surface area (TPSA) is 76.7 Å². The van der Waals surface area contributed by atoms with E-state index in [2.05, 4.69) is 20.3 Å². The predicted octanol–water partition coefficient (Wildman–Crippen LogP) is 3.16. The van der Waals surface area contributed by atoms with E-state index in [-0.39, 0.29) is 0 Å². The van der Waals surface area contributed by atoms with Gasteiger partial charge in [-0.15, -0.1) is 11.3 Å². The van der Waals surface area contributed by atoms with E-state index in [0.29, 0.717) is 12.4 Å². The van der Waals surface area contributed by atoms with Crippen LogP contribution >= 0.6 is 11.3 Å². The van der Waals surface area contributed by atoms with Crippen molar-refractivity contribution in [3.63, 3.8) is 0 Å². The lowest BCUT2D eigenvalue weighted by Crippen LogP contribution is -2.06. The second kappa shape index (κ2) is 5.53. The van der Waals surface area contributed by atoms with E-state index in [1.807, 2.05) is 23.5 Å². The Bertz CT molecular complexity index is 827. The fraction of sp³-hybridized carbons (Fsp3) is 0.312. The number of fused-ring (bicyclic) bond motifs is 3. The SMILES string of the molecule is Nc1ncccc1CNc1ncnc2sc3c(c12)CCCC3. The molecule has 22 heavy (non-hydrogen) atoms. The van der Waals surface area contributed by atoms with Crippen molar-refractivity contribution in [2.45, 2.75) is 32.2 Å². The van der Waals surface area contributed by atoms with Gasteiger partial charge in [0.25, 0.3) is 0 Å². The van der Waals surface area contributed by atoms with Crippen LogP contribution in [0.2, 0.25) is 0 Å². The highest BCUT2D eigenvalue weighted by molar-refractivity contribution is 7.19. The van der Waals surface area contributed by atoms with Gasteiger partial charge in [-0.05, 0) is 37.3 Å². The average Bonchev–Trinajstić information content (AvgIpc) is 2.93. The van der Waals surface area contributed by atoms with Crippen LogP contribution in [0, 0.1) is 0 Å². The number of hydrogen-bond acceptors (Lipinski definition) is 6. The molecule has 4 rings (SSSR count). The van der Waals surface area contributed by atoms with Gasteiger partial charge in [0.1, 0.15) is 22.8 Å². The van der Waals surface area contributed by atoms with Crippen LogP contribution in [0.25, 0.3) is 10.2 Å². The van der Waals surface area contributed by atoms with Crippen molar-refractivity contribution in [3.05, 3.63) is 40.7 Å². The molecule has 0 radical (unpaired) electrons. The molecule has 0 saturated heterocycles. The first-order valence-corrected chi connectivity index (χ1v) is 8.33. The first kappa shape index (κ1) is 13.5. The fourth-order valence-electron chi connectivity index (χ4n) is 3.00. The Morgan fingerprint density at radius 2 is 2.09 bits per heavy atom. The molecule has 3 N–H and O–H groups in total. The zero-order valence-electron chi connectivity index (χ0n) is 12.2. The van der Waals surface area contributed by atoms with Crippen molar-refractivity contribution in [2.24, 2.45) is 0 Å². The van der Waals surface area contributed by atoms with Gasteiger partial charge in [-0.1, -0.05) is 6.07 Å². The number of nitrogens with two attached hydrogens (primary N) is 1. The van der Waals surface area contributed by atoms with Crippen LogP contribution in [-0.2, 0) is 19.4 Å². The first-order chi connectivity index (χ1) is 10.8. The minimum Gasteiger partial charge on any atom is -0.383 e. The molecule has 1 aliphatic carbocycles. The quantitative estimate of drug-likeness (QED) is 0.777. The number of aromatic nitrogens is 3. The normalized spacial score (nSPS) is 14.0. The van der Waals surface area contributed by atoms with Crippen molar-refractivity contribution in [2.75, 3.05) is 11.1 Å². The van der Waals surface area contributed by atoms with Crippen molar-refractivity contribution in [3.8, 4) is 0 Å². The lowest BCUT2D eigenvalue weighted by molar-refractivity contribution is 0.700. The van der Waals surface area contributed by atoms with Gasteiger partial charge in [-0.2, -0.15) is 0 Å². The number of rotatable bonds is 3. The summed E-state index contributed by atoms with van der Waals surface area (Å²) in [5, 5.41) is 4.62. The molecule has 112 valence electrons. The Hall–Kier alpha value is -2.21. The Kier molecular flexibility index (Phi) is 3.38. The third-order valence-corrected chi connectivity index (χ3v) is 5.32. The maximum atomic E-state index is 5.91. The summed E-state index contributed by atoms with van der Waals surface area (Å²) in [4.78, 5) is 15.6. The van der Waals surface area contributed by atoms with Crippen LogP contribution in [0.15, 0.2) is 24.7 Å².